The lowest BCUT2D eigenvalue weighted by molar-refractivity contribution is -0.132. The number of benzene rings is 2. The molecule has 1 aliphatic rings. The summed E-state index contributed by atoms with van der Waals surface area (Å²) in [4.78, 5) is 26.4. The fourth-order valence-corrected chi connectivity index (χ4v) is 3.89. The molecule has 0 atom stereocenters. The van der Waals surface area contributed by atoms with Gasteiger partial charge in [0.25, 0.3) is 5.91 Å². The molecular formula is C24H30N2O3S. The fourth-order valence-electron chi connectivity index (χ4n) is 3.51. The number of carbonyl (C=O) groups is 2. The molecule has 0 bridgehead atoms. The van der Waals surface area contributed by atoms with Gasteiger partial charge in [0.05, 0.1) is 0 Å². The molecule has 1 aliphatic heterocycles. The van der Waals surface area contributed by atoms with E-state index in [0.717, 1.165) is 43.9 Å². The molecule has 0 saturated carbocycles. The smallest absolute Gasteiger partial charge is 0.251 e. The van der Waals surface area contributed by atoms with Gasteiger partial charge in [-0.25, -0.2) is 0 Å². The van der Waals surface area contributed by atoms with Crippen LogP contribution >= 0.6 is 11.8 Å². The van der Waals surface area contributed by atoms with Gasteiger partial charge in [-0.1, -0.05) is 30.3 Å². The Balaban J connectivity index is 1.40. The summed E-state index contributed by atoms with van der Waals surface area (Å²) in [6, 6.07) is 17.4. The van der Waals surface area contributed by atoms with Crippen LogP contribution in [-0.4, -0.2) is 54.5 Å². The Morgan fingerprint density at radius 1 is 1.07 bits per heavy atom. The highest BCUT2D eigenvalue weighted by Crippen LogP contribution is 2.20. The van der Waals surface area contributed by atoms with Crippen molar-refractivity contribution < 1.29 is 14.3 Å². The number of hydrogen-bond donors (Lipinski definition) is 1. The van der Waals surface area contributed by atoms with Gasteiger partial charge in [-0.2, -0.15) is 11.8 Å². The van der Waals surface area contributed by atoms with Crippen molar-refractivity contribution in [3.63, 3.8) is 0 Å². The standard InChI is InChI=1S/C24H30N2O3S/c1-30-18-14-23(27)26-16-12-22(13-17-26)29-21-9-7-20(8-10-21)24(28)25-15-11-19-5-3-2-4-6-19/h2-10,22H,11-18H2,1H3,(H,25,28). The zero-order valence-corrected chi connectivity index (χ0v) is 18.3. The molecule has 160 valence electrons. The van der Waals surface area contributed by atoms with Crippen LogP contribution in [0, 0.1) is 0 Å². The lowest BCUT2D eigenvalue weighted by atomic mass is 10.1. The van der Waals surface area contributed by atoms with E-state index in [1.807, 2.05) is 41.5 Å². The second-order valence-corrected chi connectivity index (χ2v) is 8.44. The van der Waals surface area contributed by atoms with Crippen LogP contribution in [0.2, 0.25) is 0 Å². The predicted octanol–water partition coefficient (Wildman–Crippen LogP) is 3.78. The number of amides is 2. The maximum absolute atomic E-state index is 12.3. The van der Waals surface area contributed by atoms with E-state index in [1.165, 1.54) is 5.56 Å². The van der Waals surface area contributed by atoms with Crippen LogP contribution in [0.1, 0.15) is 35.2 Å². The molecule has 1 heterocycles. The number of thioether (sulfide) groups is 1. The van der Waals surface area contributed by atoms with E-state index in [-0.39, 0.29) is 17.9 Å². The molecule has 1 N–H and O–H groups in total. The topological polar surface area (TPSA) is 58.6 Å². The third-order valence-corrected chi connectivity index (χ3v) is 5.89. The zero-order chi connectivity index (χ0) is 21.2. The van der Waals surface area contributed by atoms with Crippen molar-refractivity contribution in [2.75, 3.05) is 31.6 Å². The Labute approximate surface area is 183 Å². The van der Waals surface area contributed by atoms with Gasteiger partial charge in [0.1, 0.15) is 11.9 Å². The van der Waals surface area contributed by atoms with Gasteiger partial charge >= 0.3 is 0 Å². The van der Waals surface area contributed by atoms with Gasteiger partial charge in [-0.05, 0) is 42.5 Å². The first kappa shape index (κ1) is 22.2. The van der Waals surface area contributed by atoms with Gasteiger partial charge in [-0.3, -0.25) is 9.59 Å². The van der Waals surface area contributed by atoms with Crippen LogP contribution in [0.25, 0.3) is 0 Å². The van der Waals surface area contributed by atoms with Crippen LogP contribution in [-0.2, 0) is 11.2 Å². The quantitative estimate of drug-likeness (QED) is 0.663. The first-order chi connectivity index (χ1) is 14.7. The fraction of sp³-hybridized carbons (Fsp3) is 0.417. The summed E-state index contributed by atoms with van der Waals surface area (Å²) >= 11 is 1.70. The summed E-state index contributed by atoms with van der Waals surface area (Å²) < 4.78 is 6.06. The predicted molar refractivity (Wildman–Crippen MR) is 122 cm³/mol. The lowest BCUT2D eigenvalue weighted by Crippen LogP contribution is -2.41. The molecule has 30 heavy (non-hydrogen) atoms. The zero-order valence-electron chi connectivity index (χ0n) is 17.5. The molecule has 3 rings (SSSR count). The summed E-state index contributed by atoms with van der Waals surface area (Å²) in [6.07, 6.45) is 5.24. The Morgan fingerprint density at radius 2 is 1.77 bits per heavy atom. The Bertz CT molecular complexity index is 803. The van der Waals surface area contributed by atoms with Gasteiger partial charge in [0.15, 0.2) is 0 Å². The molecule has 1 fully saturated rings. The van der Waals surface area contributed by atoms with E-state index < -0.39 is 0 Å². The van der Waals surface area contributed by atoms with Crippen molar-refractivity contribution >= 4 is 23.6 Å². The average molecular weight is 427 g/mol. The molecule has 2 amide bonds. The summed E-state index contributed by atoms with van der Waals surface area (Å²) in [7, 11) is 0. The SMILES string of the molecule is CSCCC(=O)N1CCC(Oc2ccc(C(=O)NCCc3ccccc3)cc2)CC1. The molecule has 1 saturated heterocycles. The van der Waals surface area contributed by atoms with Gasteiger partial charge in [-0.15, -0.1) is 0 Å². The monoisotopic (exact) mass is 426 g/mol. The van der Waals surface area contributed by atoms with Crippen LogP contribution < -0.4 is 10.1 Å². The molecule has 2 aromatic rings. The highest BCUT2D eigenvalue weighted by molar-refractivity contribution is 7.98. The van der Waals surface area contributed by atoms with Crippen LogP contribution in [0.5, 0.6) is 5.75 Å². The normalized spacial score (nSPS) is 14.4. The third-order valence-electron chi connectivity index (χ3n) is 5.28. The number of nitrogens with zero attached hydrogens (tertiary/aromatic N) is 1. The van der Waals surface area contributed by atoms with Crippen molar-refractivity contribution in [3.05, 3.63) is 65.7 Å². The lowest BCUT2D eigenvalue weighted by Gasteiger charge is -2.32. The van der Waals surface area contributed by atoms with E-state index in [9.17, 15) is 9.59 Å². The number of rotatable bonds is 9. The van der Waals surface area contributed by atoms with Gasteiger partial charge in [0.2, 0.25) is 5.91 Å². The Morgan fingerprint density at radius 3 is 2.43 bits per heavy atom. The van der Waals surface area contributed by atoms with Crippen LogP contribution in [0.15, 0.2) is 54.6 Å². The summed E-state index contributed by atoms with van der Waals surface area (Å²) in [5, 5.41) is 2.96. The maximum atomic E-state index is 12.3. The first-order valence-electron chi connectivity index (χ1n) is 10.5. The van der Waals surface area contributed by atoms with Crippen molar-refractivity contribution in [3.8, 4) is 5.75 Å². The minimum atomic E-state index is -0.0745. The largest absolute Gasteiger partial charge is 0.490 e. The number of hydrogen-bond acceptors (Lipinski definition) is 4. The van der Waals surface area contributed by atoms with Crippen molar-refractivity contribution in [1.29, 1.82) is 0 Å². The highest BCUT2D eigenvalue weighted by atomic mass is 32.2. The molecule has 0 aliphatic carbocycles. The minimum Gasteiger partial charge on any atom is -0.490 e. The first-order valence-corrected chi connectivity index (χ1v) is 11.9. The minimum absolute atomic E-state index is 0.0745. The molecular weight excluding hydrogens is 396 g/mol. The molecule has 0 unspecified atom stereocenters. The van der Waals surface area contributed by atoms with E-state index >= 15 is 0 Å². The number of likely N-dealkylation sites (tertiary alicyclic amines) is 1. The summed E-state index contributed by atoms with van der Waals surface area (Å²) in [6.45, 7) is 2.11. The number of piperidine rings is 1. The Kier molecular flexibility index (Phi) is 8.63. The van der Waals surface area contributed by atoms with Crippen molar-refractivity contribution in [1.82, 2.24) is 10.2 Å². The van der Waals surface area contributed by atoms with Crippen molar-refractivity contribution in [2.45, 2.75) is 31.8 Å². The summed E-state index contributed by atoms with van der Waals surface area (Å²) in [5.74, 6) is 1.81. The van der Waals surface area contributed by atoms with Crippen LogP contribution in [0.3, 0.4) is 0 Å². The van der Waals surface area contributed by atoms with E-state index in [4.69, 9.17) is 4.74 Å². The van der Waals surface area contributed by atoms with Gasteiger partial charge < -0.3 is 15.0 Å². The number of ether oxygens (including phenoxy) is 1. The average Bonchev–Trinajstić information content (AvgIpc) is 2.79. The van der Waals surface area contributed by atoms with E-state index in [0.29, 0.717) is 18.5 Å². The van der Waals surface area contributed by atoms with Crippen LogP contribution in [0.4, 0.5) is 0 Å². The molecule has 2 aromatic carbocycles. The van der Waals surface area contributed by atoms with E-state index in [1.54, 1.807) is 23.9 Å². The molecule has 6 heteroatoms. The third kappa shape index (κ3) is 6.80. The van der Waals surface area contributed by atoms with Gasteiger partial charge in [0, 0.05) is 50.2 Å². The number of nitrogens with one attached hydrogen (secondary N) is 1. The second-order valence-electron chi connectivity index (χ2n) is 7.46. The highest BCUT2D eigenvalue weighted by Gasteiger charge is 2.23. The molecule has 0 aromatic heterocycles. The maximum Gasteiger partial charge on any atom is 0.251 e. The Hall–Kier alpha value is -2.47. The number of carbonyl (C=O) groups excluding carboxylic acids is 2. The molecule has 0 radical (unpaired) electrons. The van der Waals surface area contributed by atoms with Crippen molar-refractivity contribution in [2.24, 2.45) is 0 Å². The van der Waals surface area contributed by atoms with E-state index in [2.05, 4.69) is 17.4 Å². The molecule has 0 spiro atoms. The molecule has 5 nitrogen and oxygen atoms in total. The summed E-state index contributed by atoms with van der Waals surface area (Å²) in [5.41, 5.74) is 1.84. The second kappa shape index (κ2) is 11.6.